The number of amides is 9. The zero-order valence-electron chi connectivity index (χ0n) is 40.5. The molecule has 19 N–H and O–H groups in total. The van der Waals surface area contributed by atoms with Gasteiger partial charge in [-0.25, -0.2) is 4.79 Å². The summed E-state index contributed by atoms with van der Waals surface area (Å²) >= 11 is 5.32. The highest BCUT2D eigenvalue weighted by atomic mass is 32.2. The van der Waals surface area contributed by atoms with Crippen molar-refractivity contribution in [2.75, 3.05) is 37.5 Å². The molecule has 71 heavy (non-hydrogen) atoms. The van der Waals surface area contributed by atoms with Crippen molar-refractivity contribution in [3.05, 3.63) is 0 Å². The van der Waals surface area contributed by atoms with Crippen molar-refractivity contribution in [3.8, 4) is 0 Å². The maximum atomic E-state index is 13.7. The molecule has 406 valence electrons. The molecule has 0 aliphatic carbocycles. The molecular weight excluding hydrogens is 983 g/mol. The molecule has 0 aromatic heterocycles. The molecular formula is C41H73N11O17S2. The average molecular weight is 1060 g/mol. The smallest absolute Gasteiger partial charge is 0.328 e. The Morgan fingerprint density at radius 1 is 0.521 bits per heavy atom. The highest BCUT2D eigenvalue weighted by molar-refractivity contribution is 7.98. The summed E-state index contributed by atoms with van der Waals surface area (Å²) < 4.78 is 0. The van der Waals surface area contributed by atoms with Crippen molar-refractivity contribution in [2.45, 2.75) is 146 Å². The highest BCUT2D eigenvalue weighted by Gasteiger charge is 2.37. The number of rotatable bonds is 35. The van der Waals surface area contributed by atoms with E-state index in [1.54, 1.807) is 20.1 Å². The van der Waals surface area contributed by atoms with Gasteiger partial charge in [-0.15, -0.1) is 0 Å². The predicted molar refractivity (Wildman–Crippen MR) is 258 cm³/mol. The molecule has 0 rings (SSSR count). The van der Waals surface area contributed by atoms with Gasteiger partial charge in [-0.2, -0.15) is 24.4 Å². The lowest BCUT2D eigenvalue weighted by Crippen LogP contribution is -2.63. The number of nitrogens with one attached hydrogen (secondary N) is 9. The van der Waals surface area contributed by atoms with Crippen molar-refractivity contribution >= 4 is 89.5 Å². The Labute approximate surface area is 420 Å². The third-order valence-electron chi connectivity index (χ3n) is 10.4. The lowest BCUT2D eigenvalue weighted by molar-refractivity contribution is -0.143. The topological polar surface area (TPSA) is 469 Å². The first kappa shape index (κ1) is 65.6. The number of unbranched alkanes of at least 4 members (excludes halogenated alkanes) is 1. The first-order valence-electron chi connectivity index (χ1n) is 22.5. The van der Waals surface area contributed by atoms with Gasteiger partial charge in [0.25, 0.3) is 0 Å². The van der Waals surface area contributed by atoms with Crippen molar-refractivity contribution in [2.24, 2.45) is 17.4 Å². The number of aliphatic carboxylic acids is 2. The standard InChI is InChI=1S/C41H73N11O17S2/c1-18(2)29(50-34(61)23(9-7-8-13-42)45-33(60)22(43)10-11-28(57)58)38(65)52-31(21(5)56)39(66)46-24(12-14-71-6)35(62)51-30(20(4)55)40(67)49-27(17-70)37(64)47-25(15-53)36(63)44-19(3)32(59)48-26(16-54)41(68)69/h18-27,29-31,53-56,70H,7-17,42-43H2,1-6H3,(H,44,63)(H,45,60)(H,46,66)(H,47,64)(H,48,59)(H,49,67)(H,50,61)(H,51,62)(H,52,65)(H,57,58)(H,68,69)/t19-,20+,21+,22-,23-,24-,25-,26-,27-,29-,30-,31-/m0/s1. The lowest BCUT2D eigenvalue weighted by Gasteiger charge is -2.30. The van der Waals surface area contributed by atoms with Crippen LogP contribution in [0.4, 0.5) is 0 Å². The molecule has 28 nitrogen and oxygen atoms in total. The van der Waals surface area contributed by atoms with Crippen LogP contribution in [-0.4, -0.2) is 206 Å². The van der Waals surface area contributed by atoms with Gasteiger partial charge in [-0.1, -0.05) is 13.8 Å². The summed E-state index contributed by atoms with van der Waals surface area (Å²) in [7, 11) is 0. The zero-order valence-corrected chi connectivity index (χ0v) is 42.2. The summed E-state index contributed by atoms with van der Waals surface area (Å²) in [4.78, 5) is 142. The predicted octanol–water partition coefficient (Wildman–Crippen LogP) is -7.14. The van der Waals surface area contributed by atoms with Gasteiger partial charge >= 0.3 is 11.9 Å². The number of carboxylic acid groups (broad SMARTS) is 2. The molecule has 0 radical (unpaired) electrons. The number of aliphatic hydroxyl groups is 4. The summed E-state index contributed by atoms with van der Waals surface area (Å²) in [6.07, 6.45) is -1.38. The van der Waals surface area contributed by atoms with Crippen molar-refractivity contribution in [3.63, 3.8) is 0 Å². The number of carbonyl (C=O) groups excluding carboxylic acids is 9. The Balaban J connectivity index is 6.16. The van der Waals surface area contributed by atoms with E-state index in [0.29, 0.717) is 12.8 Å². The molecule has 0 aromatic carbocycles. The first-order chi connectivity index (χ1) is 33.2. The second kappa shape index (κ2) is 34.1. The zero-order chi connectivity index (χ0) is 54.7. The normalized spacial score (nSPS) is 16.3. The third kappa shape index (κ3) is 24.1. The molecule has 0 heterocycles. The Bertz CT molecular complexity index is 1820. The minimum absolute atomic E-state index is 0.0664. The van der Waals surface area contributed by atoms with Crippen LogP contribution >= 0.6 is 24.4 Å². The van der Waals surface area contributed by atoms with Crippen LogP contribution in [0.1, 0.15) is 73.1 Å². The summed E-state index contributed by atoms with van der Waals surface area (Å²) in [5.41, 5.74) is 11.4. The summed E-state index contributed by atoms with van der Waals surface area (Å²) in [6.45, 7) is 4.85. The molecule has 0 fully saturated rings. The fourth-order valence-corrected chi connectivity index (χ4v) is 6.82. The molecule has 0 aliphatic heterocycles. The van der Waals surface area contributed by atoms with Gasteiger partial charge in [-0.3, -0.25) is 47.9 Å². The summed E-state index contributed by atoms with van der Waals surface area (Å²) in [5, 5.41) is 78.9. The van der Waals surface area contributed by atoms with Crippen LogP contribution in [0.5, 0.6) is 0 Å². The van der Waals surface area contributed by atoms with Gasteiger partial charge in [0.2, 0.25) is 53.2 Å². The van der Waals surface area contributed by atoms with Gasteiger partial charge in [0.1, 0.15) is 54.4 Å². The van der Waals surface area contributed by atoms with E-state index in [4.69, 9.17) is 26.8 Å². The quantitative estimate of drug-likeness (QED) is 0.0207. The van der Waals surface area contributed by atoms with Crippen LogP contribution in [0.2, 0.25) is 0 Å². The Morgan fingerprint density at radius 3 is 1.39 bits per heavy atom. The lowest BCUT2D eigenvalue weighted by atomic mass is 10.0. The number of nitrogens with two attached hydrogens (primary N) is 2. The van der Waals surface area contributed by atoms with Crippen LogP contribution in [0.3, 0.4) is 0 Å². The molecule has 0 aromatic rings. The van der Waals surface area contributed by atoms with Gasteiger partial charge in [0.15, 0.2) is 0 Å². The molecule has 0 unspecified atom stereocenters. The van der Waals surface area contributed by atoms with Gasteiger partial charge < -0.3 is 90.0 Å². The molecule has 9 amide bonds. The van der Waals surface area contributed by atoms with E-state index in [-0.39, 0.29) is 31.6 Å². The number of hydrogen-bond acceptors (Lipinski definition) is 19. The monoisotopic (exact) mass is 1060 g/mol. The van der Waals surface area contributed by atoms with Crippen molar-refractivity contribution in [1.82, 2.24) is 47.9 Å². The van der Waals surface area contributed by atoms with Gasteiger partial charge in [0.05, 0.1) is 31.5 Å². The Hall–Kier alpha value is -5.37. The molecule has 30 heteroatoms. The van der Waals surface area contributed by atoms with Gasteiger partial charge in [0, 0.05) is 12.2 Å². The number of thioether (sulfide) groups is 1. The maximum Gasteiger partial charge on any atom is 0.328 e. The Morgan fingerprint density at radius 2 is 0.944 bits per heavy atom. The van der Waals surface area contributed by atoms with E-state index in [2.05, 4.69) is 55.2 Å². The van der Waals surface area contributed by atoms with E-state index in [0.717, 1.165) is 20.8 Å². The van der Waals surface area contributed by atoms with E-state index >= 15 is 0 Å². The second-order valence-corrected chi connectivity index (χ2v) is 18.1. The van der Waals surface area contributed by atoms with E-state index in [1.807, 2.05) is 5.32 Å². The molecule has 12 atom stereocenters. The number of aliphatic hydroxyl groups excluding tert-OH is 4. The van der Waals surface area contributed by atoms with E-state index in [1.165, 1.54) is 11.8 Å². The van der Waals surface area contributed by atoms with Gasteiger partial charge in [-0.05, 0) is 77.3 Å². The second-order valence-electron chi connectivity index (χ2n) is 16.7. The maximum absolute atomic E-state index is 13.7. The minimum atomic E-state index is -1.80. The first-order valence-corrected chi connectivity index (χ1v) is 24.5. The SMILES string of the molecule is CSCC[C@H](NC(=O)[C@@H](NC(=O)[C@@H](NC(=O)[C@H](CCCCN)NC(=O)[C@@H](N)CCC(=O)O)C(C)C)[C@@H](C)O)C(=O)N[C@H](C(=O)N[C@@H](CS)C(=O)N[C@@H](CO)C(=O)N[C@@H](C)C(=O)N[C@@H](CO)C(=O)O)[C@@H](C)O. The van der Waals surface area contributed by atoms with Crippen LogP contribution < -0.4 is 59.3 Å². The van der Waals surface area contributed by atoms with Crippen LogP contribution in [-0.2, 0) is 52.7 Å². The fourth-order valence-electron chi connectivity index (χ4n) is 6.10. The summed E-state index contributed by atoms with van der Waals surface area (Å²) in [6, 6.07) is -15.3. The highest BCUT2D eigenvalue weighted by Crippen LogP contribution is 2.10. The summed E-state index contributed by atoms with van der Waals surface area (Å²) in [5.74, 6) is -12.7. The van der Waals surface area contributed by atoms with Crippen LogP contribution in [0, 0.1) is 5.92 Å². The molecule has 0 spiro atoms. The third-order valence-corrected chi connectivity index (χ3v) is 11.4. The van der Waals surface area contributed by atoms with Crippen molar-refractivity contribution < 1.29 is 83.4 Å². The van der Waals surface area contributed by atoms with Crippen LogP contribution in [0.15, 0.2) is 0 Å². The minimum Gasteiger partial charge on any atom is -0.481 e. The van der Waals surface area contributed by atoms with Crippen molar-refractivity contribution in [1.29, 1.82) is 0 Å². The molecule has 0 saturated heterocycles. The number of hydrogen-bond donors (Lipinski definition) is 18. The average Bonchev–Trinajstić information content (AvgIpc) is 3.30. The van der Waals surface area contributed by atoms with E-state index in [9.17, 15) is 68.1 Å². The molecule has 0 aliphatic rings. The molecule has 0 saturated carbocycles. The number of carbonyl (C=O) groups is 11. The van der Waals surface area contributed by atoms with E-state index < -0.39 is 169 Å². The van der Waals surface area contributed by atoms with Crippen LogP contribution in [0.25, 0.3) is 0 Å². The Kier molecular flexibility index (Phi) is 31.5. The molecule has 0 bridgehead atoms. The number of carboxylic acids is 2. The largest absolute Gasteiger partial charge is 0.481 e. The number of thiol groups is 1. The fraction of sp³-hybridized carbons (Fsp3) is 0.732.